The van der Waals surface area contributed by atoms with Crippen molar-refractivity contribution < 1.29 is 14.3 Å². The molecule has 0 aromatic rings. The van der Waals surface area contributed by atoms with Crippen LogP contribution in [0.5, 0.6) is 0 Å². The van der Waals surface area contributed by atoms with E-state index >= 15 is 0 Å². The van der Waals surface area contributed by atoms with Crippen LogP contribution in [0.1, 0.15) is 52.9 Å². The van der Waals surface area contributed by atoms with Gasteiger partial charge in [-0.1, -0.05) is 33.6 Å². The number of hydrogen-bond acceptors (Lipinski definition) is 3. The number of rotatable bonds is 12. The van der Waals surface area contributed by atoms with E-state index in [4.69, 9.17) is 4.74 Å². The van der Waals surface area contributed by atoms with Crippen LogP contribution < -0.4 is 0 Å². The van der Waals surface area contributed by atoms with Crippen LogP contribution in [0.3, 0.4) is 0 Å². The molecular formula is C17H34N2O3. The van der Waals surface area contributed by atoms with E-state index in [1.54, 1.807) is 16.8 Å². The van der Waals surface area contributed by atoms with Crippen molar-refractivity contribution in [1.29, 1.82) is 0 Å². The van der Waals surface area contributed by atoms with Crippen molar-refractivity contribution in [3.8, 4) is 0 Å². The summed E-state index contributed by atoms with van der Waals surface area (Å²) in [6.45, 7) is 8.51. The first kappa shape index (κ1) is 20.9. The zero-order valence-corrected chi connectivity index (χ0v) is 15.1. The lowest BCUT2D eigenvalue weighted by atomic mass is 10.1. The van der Waals surface area contributed by atoms with Crippen LogP contribution in [0.25, 0.3) is 0 Å². The summed E-state index contributed by atoms with van der Waals surface area (Å²) < 4.78 is 5.46. The molecule has 0 spiro atoms. The number of hydrogen-bond donors (Lipinski definition) is 0. The highest BCUT2D eigenvalue weighted by Crippen LogP contribution is 2.02. The Morgan fingerprint density at radius 1 is 0.955 bits per heavy atom. The molecule has 2 amide bonds. The topological polar surface area (TPSA) is 49.9 Å². The average Bonchev–Trinajstić information content (AvgIpc) is 2.45. The minimum Gasteiger partial charge on any atom is -0.379 e. The molecule has 0 aromatic carbocycles. The largest absolute Gasteiger partial charge is 0.379 e. The Kier molecular flexibility index (Phi) is 11.8. The molecule has 0 atom stereocenters. The van der Waals surface area contributed by atoms with Crippen molar-refractivity contribution in [3.05, 3.63) is 0 Å². The number of unbranched alkanes of at least 4 members (excludes halogenated alkanes) is 2. The molecule has 0 N–H and O–H groups in total. The molecule has 0 bridgehead atoms. The van der Waals surface area contributed by atoms with Crippen LogP contribution in [0.15, 0.2) is 0 Å². The summed E-state index contributed by atoms with van der Waals surface area (Å²) in [5.74, 6) is 0.641. The SMILES string of the molecule is CCCCCN(C)C(=O)CCOCCN(C)C(=O)CC(C)C. The van der Waals surface area contributed by atoms with E-state index in [0.717, 1.165) is 25.8 Å². The van der Waals surface area contributed by atoms with Gasteiger partial charge in [0.25, 0.3) is 0 Å². The van der Waals surface area contributed by atoms with Gasteiger partial charge in [0, 0.05) is 33.6 Å². The first-order chi connectivity index (χ1) is 10.4. The third kappa shape index (κ3) is 10.6. The van der Waals surface area contributed by atoms with E-state index < -0.39 is 0 Å². The predicted octanol–water partition coefficient (Wildman–Crippen LogP) is 2.55. The molecule has 0 aliphatic carbocycles. The van der Waals surface area contributed by atoms with E-state index in [-0.39, 0.29) is 11.8 Å². The molecule has 0 heterocycles. The maximum atomic E-state index is 11.8. The highest BCUT2D eigenvalue weighted by Gasteiger charge is 2.11. The highest BCUT2D eigenvalue weighted by molar-refractivity contribution is 5.76. The van der Waals surface area contributed by atoms with E-state index in [2.05, 4.69) is 6.92 Å². The van der Waals surface area contributed by atoms with Gasteiger partial charge in [-0.2, -0.15) is 0 Å². The fourth-order valence-electron chi connectivity index (χ4n) is 2.01. The van der Waals surface area contributed by atoms with Gasteiger partial charge in [0.1, 0.15) is 0 Å². The standard InChI is InChI=1S/C17H34N2O3/c1-6-7-8-10-18(4)16(20)9-12-22-13-11-19(5)17(21)14-15(2)3/h15H,6-14H2,1-5H3. The van der Waals surface area contributed by atoms with Crippen molar-refractivity contribution in [3.63, 3.8) is 0 Å². The fourth-order valence-corrected chi connectivity index (χ4v) is 2.01. The molecule has 0 radical (unpaired) electrons. The van der Waals surface area contributed by atoms with Gasteiger partial charge in [0.2, 0.25) is 11.8 Å². The zero-order valence-electron chi connectivity index (χ0n) is 15.1. The highest BCUT2D eigenvalue weighted by atomic mass is 16.5. The molecule has 0 fully saturated rings. The van der Waals surface area contributed by atoms with Crippen LogP contribution in [0.4, 0.5) is 0 Å². The molecule has 5 heteroatoms. The fraction of sp³-hybridized carbons (Fsp3) is 0.882. The summed E-state index contributed by atoms with van der Waals surface area (Å²) >= 11 is 0. The minimum atomic E-state index is 0.125. The van der Waals surface area contributed by atoms with Crippen molar-refractivity contribution >= 4 is 11.8 Å². The first-order valence-electron chi connectivity index (χ1n) is 8.44. The van der Waals surface area contributed by atoms with Gasteiger partial charge in [-0.25, -0.2) is 0 Å². The number of carbonyl (C=O) groups excluding carboxylic acids is 2. The Labute approximate surface area is 136 Å². The second-order valence-electron chi connectivity index (χ2n) is 6.30. The summed E-state index contributed by atoms with van der Waals surface area (Å²) in [4.78, 5) is 27.1. The maximum Gasteiger partial charge on any atom is 0.224 e. The normalized spacial score (nSPS) is 10.8. The number of ether oxygens (including phenoxy) is 1. The summed E-state index contributed by atoms with van der Waals surface area (Å²) in [7, 11) is 3.64. The number of amides is 2. The molecule has 0 unspecified atom stereocenters. The van der Waals surface area contributed by atoms with Crippen molar-refractivity contribution in [2.45, 2.75) is 52.9 Å². The Morgan fingerprint density at radius 3 is 2.18 bits per heavy atom. The van der Waals surface area contributed by atoms with Crippen LogP contribution in [0, 0.1) is 5.92 Å². The van der Waals surface area contributed by atoms with Crippen molar-refractivity contribution in [2.24, 2.45) is 5.92 Å². The third-order valence-electron chi connectivity index (χ3n) is 3.56. The van der Waals surface area contributed by atoms with Gasteiger partial charge >= 0.3 is 0 Å². The summed E-state index contributed by atoms with van der Waals surface area (Å²) in [5.41, 5.74) is 0. The second-order valence-corrected chi connectivity index (χ2v) is 6.30. The lowest BCUT2D eigenvalue weighted by molar-refractivity contribution is -0.133. The molecule has 130 valence electrons. The number of likely N-dealkylation sites (N-methyl/N-ethyl adjacent to an activating group) is 1. The first-order valence-corrected chi connectivity index (χ1v) is 8.44. The van der Waals surface area contributed by atoms with Crippen molar-refractivity contribution in [2.75, 3.05) is 40.4 Å². The summed E-state index contributed by atoms with van der Waals surface area (Å²) in [5, 5.41) is 0. The van der Waals surface area contributed by atoms with Crippen LogP contribution in [0.2, 0.25) is 0 Å². The Hall–Kier alpha value is -1.10. The molecular weight excluding hydrogens is 280 g/mol. The maximum absolute atomic E-state index is 11.8. The quantitative estimate of drug-likeness (QED) is 0.520. The van der Waals surface area contributed by atoms with Crippen LogP contribution in [-0.2, 0) is 14.3 Å². The summed E-state index contributed by atoms with van der Waals surface area (Å²) in [6.07, 6.45) is 4.35. The van der Waals surface area contributed by atoms with Crippen LogP contribution in [-0.4, -0.2) is 62.0 Å². The molecule has 22 heavy (non-hydrogen) atoms. The molecule has 0 rings (SSSR count). The van der Waals surface area contributed by atoms with Crippen LogP contribution >= 0.6 is 0 Å². The smallest absolute Gasteiger partial charge is 0.224 e. The van der Waals surface area contributed by atoms with Gasteiger partial charge in [-0.05, 0) is 12.3 Å². The minimum absolute atomic E-state index is 0.125. The molecule has 0 aliphatic rings. The van der Waals surface area contributed by atoms with E-state index in [9.17, 15) is 9.59 Å². The zero-order chi connectivity index (χ0) is 17.0. The van der Waals surface area contributed by atoms with E-state index in [0.29, 0.717) is 38.5 Å². The Bertz CT molecular complexity index is 319. The monoisotopic (exact) mass is 314 g/mol. The second kappa shape index (κ2) is 12.4. The van der Waals surface area contributed by atoms with Gasteiger partial charge in [0.05, 0.1) is 19.6 Å². The van der Waals surface area contributed by atoms with Gasteiger partial charge in [-0.3, -0.25) is 9.59 Å². The van der Waals surface area contributed by atoms with Gasteiger partial charge in [-0.15, -0.1) is 0 Å². The predicted molar refractivity (Wildman–Crippen MR) is 89.7 cm³/mol. The molecule has 0 aromatic heterocycles. The summed E-state index contributed by atoms with van der Waals surface area (Å²) in [6, 6.07) is 0. The Balaban J connectivity index is 3.67. The lowest BCUT2D eigenvalue weighted by Crippen LogP contribution is -2.31. The average molecular weight is 314 g/mol. The number of nitrogens with zero attached hydrogens (tertiary/aromatic N) is 2. The number of carbonyl (C=O) groups is 2. The molecule has 0 saturated heterocycles. The molecule has 0 saturated carbocycles. The van der Waals surface area contributed by atoms with E-state index in [1.165, 1.54) is 0 Å². The third-order valence-corrected chi connectivity index (χ3v) is 3.56. The molecule has 5 nitrogen and oxygen atoms in total. The van der Waals surface area contributed by atoms with Crippen molar-refractivity contribution in [1.82, 2.24) is 9.80 Å². The van der Waals surface area contributed by atoms with Gasteiger partial charge in [0.15, 0.2) is 0 Å². The van der Waals surface area contributed by atoms with Gasteiger partial charge < -0.3 is 14.5 Å². The molecule has 0 aliphatic heterocycles. The lowest BCUT2D eigenvalue weighted by Gasteiger charge is -2.19. The Morgan fingerprint density at radius 2 is 1.59 bits per heavy atom. The van der Waals surface area contributed by atoms with E-state index in [1.807, 2.05) is 20.9 Å².